The third-order valence-corrected chi connectivity index (χ3v) is 4.01. The van der Waals surface area contributed by atoms with E-state index in [4.69, 9.17) is 0 Å². The highest BCUT2D eigenvalue weighted by Gasteiger charge is 2.32. The van der Waals surface area contributed by atoms with Crippen molar-refractivity contribution in [1.82, 2.24) is 10.2 Å². The van der Waals surface area contributed by atoms with Crippen molar-refractivity contribution in [3.05, 3.63) is 35.6 Å². The van der Waals surface area contributed by atoms with Crippen LogP contribution in [-0.2, 0) is 11.3 Å². The van der Waals surface area contributed by atoms with Gasteiger partial charge in [0.25, 0.3) is 0 Å². The van der Waals surface area contributed by atoms with Crippen molar-refractivity contribution in [2.45, 2.75) is 38.3 Å². The zero-order chi connectivity index (χ0) is 13.9. The first-order valence-electron chi connectivity index (χ1n) is 7.47. The molecule has 1 aromatic carbocycles. The van der Waals surface area contributed by atoms with Crippen molar-refractivity contribution >= 4 is 5.91 Å². The van der Waals surface area contributed by atoms with Crippen LogP contribution in [0.2, 0.25) is 0 Å². The van der Waals surface area contributed by atoms with Gasteiger partial charge >= 0.3 is 0 Å². The summed E-state index contributed by atoms with van der Waals surface area (Å²) in [5.41, 5.74) is 0.606. The van der Waals surface area contributed by atoms with Crippen LogP contribution in [0.1, 0.15) is 31.2 Å². The molecule has 4 heteroatoms. The van der Waals surface area contributed by atoms with Crippen LogP contribution in [0, 0.1) is 11.7 Å². The summed E-state index contributed by atoms with van der Waals surface area (Å²) in [6.07, 6.45) is 4.65. The smallest absolute Gasteiger partial charge is 0.237 e. The number of hydrogen-bond acceptors (Lipinski definition) is 2. The molecule has 1 aromatic rings. The van der Waals surface area contributed by atoms with Gasteiger partial charge in [-0.25, -0.2) is 4.39 Å². The van der Waals surface area contributed by atoms with E-state index in [0.717, 1.165) is 25.3 Å². The fraction of sp³-hybridized carbons (Fsp3) is 0.562. The van der Waals surface area contributed by atoms with E-state index in [1.165, 1.54) is 18.9 Å². The van der Waals surface area contributed by atoms with Crippen molar-refractivity contribution in [1.29, 1.82) is 0 Å². The zero-order valence-electron chi connectivity index (χ0n) is 11.6. The molecule has 20 heavy (non-hydrogen) atoms. The predicted octanol–water partition coefficient (Wildman–Crippen LogP) is 2.32. The van der Waals surface area contributed by atoms with Gasteiger partial charge in [0.05, 0.1) is 6.54 Å². The average molecular weight is 276 g/mol. The lowest BCUT2D eigenvalue weighted by atomic mass is 10.2. The third-order valence-electron chi connectivity index (χ3n) is 4.01. The molecule has 0 bridgehead atoms. The van der Waals surface area contributed by atoms with Crippen molar-refractivity contribution in [3.63, 3.8) is 0 Å². The van der Waals surface area contributed by atoms with Crippen LogP contribution >= 0.6 is 0 Å². The molecule has 0 spiro atoms. The maximum Gasteiger partial charge on any atom is 0.237 e. The SMILES string of the molecule is O=C(CNCC1CC1)N(Cc1ccccc1F)C1CC1. The fourth-order valence-electron chi connectivity index (χ4n) is 2.42. The summed E-state index contributed by atoms with van der Waals surface area (Å²) in [6.45, 7) is 1.70. The van der Waals surface area contributed by atoms with E-state index in [9.17, 15) is 9.18 Å². The van der Waals surface area contributed by atoms with Gasteiger partial charge in [-0.2, -0.15) is 0 Å². The summed E-state index contributed by atoms with van der Waals surface area (Å²) in [4.78, 5) is 14.1. The second-order valence-electron chi connectivity index (χ2n) is 5.92. The molecule has 0 saturated heterocycles. The lowest BCUT2D eigenvalue weighted by Gasteiger charge is -2.23. The van der Waals surface area contributed by atoms with E-state index < -0.39 is 0 Å². The highest BCUT2D eigenvalue weighted by molar-refractivity contribution is 5.79. The lowest BCUT2D eigenvalue weighted by Crippen LogP contribution is -2.39. The number of carbonyl (C=O) groups is 1. The molecule has 108 valence electrons. The van der Waals surface area contributed by atoms with Gasteiger partial charge in [-0.05, 0) is 44.2 Å². The van der Waals surface area contributed by atoms with Crippen LogP contribution in [0.15, 0.2) is 24.3 Å². The summed E-state index contributed by atoms with van der Waals surface area (Å²) in [5.74, 6) is 0.636. The first-order chi connectivity index (χ1) is 9.74. The summed E-state index contributed by atoms with van der Waals surface area (Å²) >= 11 is 0. The minimum atomic E-state index is -0.225. The van der Waals surface area contributed by atoms with Crippen LogP contribution in [-0.4, -0.2) is 29.9 Å². The van der Waals surface area contributed by atoms with Gasteiger partial charge in [0.2, 0.25) is 5.91 Å². The Balaban J connectivity index is 1.57. The number of nitrogens with zero attached hydrogens (tertiary/aromatic N) is 1. The Kier molecular flexibility index (Phi) is 4.01. The van der Waals surface area contributed by atoms with E-state index in [0.29, 0.717) is 24.7 Å². The van der Waals surface area contributed by atoms with E-state index in [-0.39, 0.29) is 11.7 Å². The molecule has 3 nitrogen and oxygen atoms in total. The largest absolute Gasteiger partial charge is 0.334 e. The monoisotopic (exact) mass is 276 g/mol. The van der Waals surface area contributed by atoms with Crippen molar-refractivity contribution in [2.75, 3.05) is 13.1 Å². The zero-order valence-corrected chi connectivity index (χ0v) is 11.6. The maximum atomic E-state index is 13.7. The molecule has 0 atom stereocenters. The molecule has 0 unspecified atom stereocenters. The molecule has 0 heterocycles. The van der Waals surface area contributed by atoms with Crippen LogP contribution in [0.5, 0.6) is 0 Å². The standard InChI is InChI=1S/C16H21FN2O/c17-15-4-2-1-3-13(15)11-19(14-7-8-14)16(20)10-18-9-12-5-6-12/h1-4,12,14,18H,5-11H2. The number of rotatable bonds is 7. The number of carbonyl (C=O) groups excluding carboxylic acids is 1. The van der Waals surface area contributed by atoms with Crippen molar-refractivity contribution in [3.8, 4) is 0 Å². The van der Waals surface area contributed by atoms with Crippen LogP contribution in [0.4, 0.5) is 4.39 Å². The predicted molar refractivity (Wildman–Crippen MR) is 75.6 cm³/mol. The Morgan fingerprint density at radius 3 is 2.65 bits per heavy atom. The molecule has 2 aliphatic rings. The van der Waals surface area contributed by atoms with Crippen molar-refractivity contribution in [2.24, 2.45) is 5.92 Å². The molecule has 2 saturated carbocycles. The highest BCUT2D eigenvalue weighted by atomic mass is 19.1. The Morgan fingerprint density at radius 1 is 1.25 bits per heavy atom. The van der Waals surface area contributed by atoms with Gasteiger partial charge < -0.3 is 10.2 Å². The van der Waals surface area contributed by atoms with Crippen molar-refractivity contribution < 1.29 is 9.18 Å². The molecule has 3 rings (SSSR count). The molecular formula is C16H21FN2O. The van der Waals surface area contributed by atoms with E-state index in [1.54, 1.807) is 12.1 Å². The van der Waals surface area contributed by atoms with Crippen LogP contribution < -0.4 is 5.32 Å². The van der Waals surface area contributed by atoms with E-state index >= 15 is 0 Å². The summed E-state index contributed by atoms with van der Waals surface area (Å²) in [6, 6.07) is 7.02. The number of amides is 1. The second-order valence-corrected chi connectivity index (χ2v) is 5.92. The van der Waals surface area contributed by atoms with Gasteiger partial charge in [0, 0.05) is 18.2 Å². The Labute approximate surface area is 119 Å². The Hall–Kier alpha value is -1.42. The molecule has 1 amide bonds. The van der Waals surface area contributed by atoms with Crippen LogP contribution in [0.3, 0.4) is 0 Å². The normalized spacial score (nSPS) is 18.1. The second kappa shape index (κ2) is 5.92. The molecule has 1 N–H and O–H groups in total. The third kappa shape index (κ3) is 3.57. The van der Waals surface area contributed by atoms with Gasteiger partial charge in [-0.1, -0.05) is 18.2 Å². The van der Waals surface area contributed by atoms with Gasteiger partial charge in [0.15, 0.2) is 0 Å². The minimum Gasteiger partial charge on any atom is -0.334 e. The summed E-state index contributed by atoms with van der Waals surface area (Å²) in [7, 11) is 0. The van der Waals surface area contributed by atoms with Crippen LogP contribution in [0.25, 0.3) is 0 Å². The van der Waals surface area contributed by atoms with Gasteiger partial charge in [-0.15, -0.1) is 0 Å². The summed E-state index contributed by atoms with van der Waals surface area (Å²) < 4.78 is 13.7. The van der Waals surface area contributed by atoms with E-state index in [1.807, 2.05) is 11.0 Å². The topological polar surface area (TPSA) is 32.3 Å². The highest BCUT2D eigenvalue weighted by Crippen LogP contribution is 2.29. The Bertz CT molecular complexity index is 483. The number of hydrogen-bond donors (Lipinski definition) is 1. The van der Waals surface area contributed by atoms with Gasteiger partial charge in [-0.3, -0.25) is 4.79 Å². The summed E-state index contributed by atoms with van der Waals surface area (Å²) in [5, 5.41) is 3.23. The van der Waals surface area contributed by atoms with Gasteiger partial charge in [0.1, 0.15) is 5.82 Å². The lowest BCUT2D eigenvalue weighted by molar-refractivity contribution is -0.131. The fourth-order valence-corrected chi connectivity index (χ4v) is 2.42. The van der Waals surface area contributed by atoms with E-state index in [2.05, 4.69) is 5.32 Å². The molecule has 2 aliphatic carbocycles. The number of nitrogens with one attached hydrogen (secondary N) is 1. The first-order valence-corrected chi connectivity index (χ1v) is 7.47. The minimum absolute atomic E-state index is 0.0939. The quantitative estimate of drug-likeness (QED) is 0.829. The molecule has 0 aliphatic heterocycles. The molecular weight excluding hydrogens is 255 g/mol. The maximum absolute atomic E-state index is 13.7. The Morgan fingerprint density at radius 2 is 2.00 bits per heavy atom. The molecule has 0 radical (unpaired) electrons. The number of benzene rings is 1. The molecule has 2 fully saturated rings. The number of halogens is 1. The first kappa shape index (κ1) is 13.6. The average Bonchev–Trinajstić information content (AvgIpc) is 3.31. The molecule has 0 aromatic heterocycles.